The molecule has 1 aliphatic heterocycles. The molecule has 0 unspecified atom stereocenters. The number of aromatic nitrogens is 1. The molecule has 24 heavy (non-hydrogen) atoms. The topological polar surface area (TPSA) is 78.7 Å². The van der Waals surface area contributed by atoms with Crippen molar-refractivity contribution in [2.24, 2.45) is 12.0 Å². The van der Waals surface area contributed by atoms with Crippen LogP contribution in [0.1, 0.15) is 5.69 Å². The van der Waals surface area contributed by atoms with Crippen LogP contribution in [0.3, 0.4) is 0 Å². The summed E-state index contributed by atoms with van der Waals surface area (Å²) in [4.78, 5) is 6.31. The van der Waals surface area contributed by atoms with Crippen molar-refractivity contribution < 1.29 is 8.42 Å². The molecule has 2 heterocycles. The fourth-order valence-corrected chi connectivity index (χ4v) is 4.15. The minimum absolute atomic E-state index is 0.245. The molecule has 10 heteroatoms. The number of hydrogen-bond acceptors (Lipinski definition) is 4. The van der Waals surface area contributed by atoms with Gasteiger partial charge in [-0.2, -0.15) is 0 Å². The van der Waals surface area contributed by atoms with E-state index in [2.05, 4.69) is 20.5 Å². The molecule has 7 nitrogen and oxygen atoms in total. The first-order chi connectivity index (χ1) is 11.3. The minimum Gasteiger partial charge on any atom is -0.355 e. The third-order valence-corrected chi connectivity index (χ3v) is 6.48. The Kier molecular flexibility index (Phi) is 6.79. The van der Waals surface area contributed by atoms with Gasteiger partial charge in [-0.3, -0.25) is 9.89 Å². The molecule has 1 aromatic heterocycles. The Bertz CT molecular complexity index is 688. The maximum Gasteiger partial charge on any atom is 0.191 e. The van der Waals surface area contributed by atoms with Crippen LogP contribution in [0.25, 0.3) is 0 Å². The molecule has 0 atom stereocenters. The molecule has 0 spiro atoms. The van der Waals surface area contributed by atoms with Crippen LogP contribution in [0.4, 0.5) is 0 Å². The first kappa shape index (κ1) is 19.4. The Morgan fingerprint density at radius 2 is 1.96 bits per heavy atom. The normalized spacial score (nSPS) is 18.6. The van der Waals surface area contributed by atoms with Crippen LogP contribution in [-0.2, 0) is 23.4 Å². The molecule has 0 aromatic carbocycles. The molecule has 2 rings (SSSR count). The van der Waals surface area contributed by atoms with Gasteiger partial charge >= 0.3 is 0 Å². The van der Waals surface area contributed by atoms with E-state index in [9.17, 15) is 8.42 Å². The molecular weight excluding hydrogens is 373 g/mol. The van der Waals surface area contributed by atoms with Gasteiger partial charge in [-0.1, -0.05) is 23.2 Å². The van der Waals surface area contributed by atoms with E-state index in [4.69, 9.17) is 23.2 Å². The lowest BCUT2D eigenvalue weighted by atomic mass is 10.4. The van der Waals surface area contributed by atoms with Crippen molar-refractivity contribution in [3.8, 4) is 0 Å². The van der Waals surface area contributed by atoms with E-state index in [-0.39, 0.29) is 11.5 Å². The Morgan fingerprint density at radius 1 is 1.29 bits per heavy atom. The van der Waals surface area contributed by atoms with Crippen LogP contribution in [0.2, 0.25) is 10.2 Å². The van der Waals surface area contributed by atoms with Crippen molar-refractivity contribution in [3.05, 3.63) is 21.9 Å². The van der Waals surface area contributed by atoms with Crippen LogP contribution < -0.4 is 10.6 Å². The molecule has 0 saturated carbocycles. The van der Waals surface area contributed by atoms with Crippen LogP contribution in [-0.4, -0.2) is 68.6 Å². The van der Waals surface area contributed by atoms with E-state index < -0.39 is 9.84 Å². The van der Waals surface area contributed by atoms with Crippen LogP contribution in [0, 0.1) is 0 Å². The maximum atomic E-state index is 11.4. The highest BCUT2D eigenvalue weighted by Gasteiger charge is 2.20. The summed E-state index contributed by atoms with van der Waals surface area (Å²) in [6.07, 6.45) is 0. The Hall–Kier alpha value is -0.960. The number of halogens is 2. The van der Waals surface area contributed by atoms with Crippen molar-refractivity contribution in [2.45, 2.75) is 6.54 Å². The van der Waals surface area contributed by atoms with Crippen LogP contribution in [0.15, 0.2) is 11.1 Å². The zero-order valence-electron chi connectivity index (χ0n) is 13.8. The molecule has 1 fully saturated rings. The summed E-state index contributed by atoms with van der Waals surface area (Å²) in [5.74, 6) is 1.16. The molecule has 1 saturated heterocycles. The largest absolute Gasteiger partial charge is 0.355 e. The van der Waals surface area contributed by atoms with Crippen molar-refractivity contribution in [1.82, 2.24) is 20.1 Å². The van der Waals surface area contributed by atoms with Gasteiger partial charge in [0.1, 0.15) is 5.15 Å². The summed E-state index contributed by atoms with van der Waals surface area (Å²) >= 11 is 12.0. The lowest BCUT2D eigenvalue weighted by Crippen LogP contribution is -2.45. The number of rotatable bonds is 5. The fourth-order valence-electron chi connectivity index (χ4n) is 2.46. The van der Waals surface area contributed by atoms with Gasteiger partial charge in [0.05, 0.1) is 23.1 Å². The van der Waals surface area contributed by atoms with Gasteiger partial charge < -0.3 is 15.2 Å². The highest BCUT2D eigenvalue weighted by atomic mass is 35.5. The van der Waals surface area contributed by atoms with E-state index in [0.717, 1.165) is 12.2 Å². The Balaban J connectivity index is 1.74. The van der Waals surface area contributed by atoms with Gasteiger partial charge in [-0.25, -0.2) is 8.42 Å². The molecule has 1 aliphatic rings. The van der Waals surface area contributed by atoms with Gasteiger partial charge in [-0.05, 0) is 6.07 Å². The van der Waals surface area contributed by atoms with Gasteiger partial charge in [0.2, 0.25) is 0 Å². The average Bonchev–Trinajstić information content (AvgIpc) is 2.79. The van der Waals surface area contributed by atoms with Crippen molar-refractivity contribution >= 4 is 39.0 Å². The second kappa shape index (κ2) is 8.42. The van der Waals surface area contributed by atoms with E-state index in [1.807, 2.05) is 17.7 Å². The van der Waals surface area contributed by atoms with E-state index in [0.29, 0.717) is 42.3 Å². The summed E-state index contributed by atoms with van der Waals surface area (Å²) in [6, 6.07) is 1.82. The van der Waals surface area contributed by atoms with E-state index in [1.54, 1.807) is 7.05 Å². The Labute approximate surface area is 152 Å². The summed E-state index contributed by atoms with van der Waals surface area (Å²) in [5.41, 5.74) is 0.953. The van der Waals surface area contributed by atoms with Gasteiger partial charge in [0, 0.05) is 46.0 Å². The summed E-state index contributed by atoms with van der Waals surface area (Å²) in [7, 11) is 0.727. The Morgan fingerprint density at radius 3 is 2.50 bits per heavy atom. The number of aliphatic imine (C=N–C) groups is 1. The number of sulfone groups is 1. The summed E-state index contributed by atoms with van der Waals surface area (Å²) in [6.45, 7) is 3.20. The number of nitrogens with zero attached hydrogens (tertiary/aromatic N) is 3. The first-order valence-corrected chi connectivity index (χ1v) is 10.3. The number of guanidine groups is 1. The first-order valence-electron chi connectivity index (χ1n) is 7.69. The lowest BCUT2D eigenvalue weighted by Gasteiger charge is -2.26. The average molecular weight is 396 g/mol. The monoisotopic (exact) mass is 395 g/mol. The molecule has 0 bridgehead atoms. The van der Waals surface area contributed by atoms with E-state index >= 15 is 0 Å². The number of hydrogen-bond donors (Lipinski definition) is 2. The van der Waals surface area contributed by atoms with Gasteiger partial charge in [-0.15, -0.1) is 0 Å². The standard InChI is InChI=1S/C14H23Cl2N5O2S/c1-17-14(19-10-11-9-12(15)13(16)20(11)2)18-3-4-21-5-7-24(22,23)8-6-21/h9H,3-8,10H2,1-2H3,(H2,17,18,19). The van der Waals surface area contributed by atoms with E-state index in [1.165, 1.54) is 0 Å². The van der Waals surface area contributed by atoms with Crippen molar-refractivity contribution in [1.29, 1.82) is 0 Å². The zero-order valence-corrected chi connectivity index (χ0v) is 16.2. The zero-order chi connectivity index (χ0) is 17.7. The summed E-state index contributed by atoms with van der Waals surface area (Å²) < 4.78 is 24.6. The summed E-state index contributed by atoms with van der Waals surface area (Å²) in [5, 5.41) is 7.46. The molecule has 0 aliphatic carbocycles. The second-order valence-corrected chi connectivity index (χ2v) is 8.75. The SMILES string of the molecule is CN=C(NCCN1CCS(=O)(=O)CC1)NCc1cc(Cl)c(Cl)n1C. The molecule has 0 amide bonds. The molecule has 1 aromatic rings. The minimum atomic E-state index is -2.83. The molecular formula is C14H23Cl2N5O2S. The van der Waals surface area contributed by atoms with Crippen LogP contribution in [0.5, 0.6) is 0 Å². The second-order valence-electron chi connectivity index (χ2n) is 5.68. The maximum absolute atomic E-state index is 11.4. The van der Waals surface area contributed by atoms with Crippen molar-refractivity contribution in [2.75, 3.05) is 44.7 Å². The predicted molar refractivity (Wildman–Crippen MR) is 98.7 cm³/mol. The predicted octanol–water partition coefficient (Wildman–Crippen LogP) is 0.727. The molecule has 0 radical (unpaired) electrons. The van der Waals surface area contributed by atoms with Gasteiger partial charge in [0.25, 0.3) is 0 Å². The van der Waals surface area contributed by atoms with Crippen LogP contribution >= 0.6 is 23.2 Å². The quantitative estimate of drug-likeness (QED) is 0.567. The third kappa shape index (κ3) is 5.27. The lowest BCUT2D eigenvalue weighted by molar-refractivity contribution is 0.299. The smallest absolute Gasteiger partial charge is 0.191 e. The fraction of sp³-hybridized carbons (Fsp3) is 0.643. The van der Waals surface area contributed by atoms with Crippen molar-refractivity contribution in [3.63, 3.8) is 0 Å². The highest BCUT2D eigenvalue weighted by Crippen LogP contribution is 2.24. The van der Waals surface area contributed by atoms with Gasteiger partial charge in [0.15, 0.2) is 15.8 Å². The molecule has 136 valence electrons. The number of nitrogens with one attached hydrogen (secondary N) is 2. The third-order valence-electron chi connectivity index (χ3n) is 4.03. The molecule has 2 N–H and O–H groups in total. The highest BCUT2D eigenvalue weighted by molar-refractivity contribution is 7.91.